The van der Waals surface area contributed by atoms with Gasteiger partial charge in [-0.25, -0.2) is 4.79 Å². The van der Waals surface area contributed by atoms with E-state index in [2.05, 4.69) is 4.84 Å². The first-order valence-corrected chi connectivity index (χ1v) is 7.19. The van der Waals surface area contributed by atoms with Gasteiger partial charge in [0.05, 0.1) is 6.08 Å². The van der Waals surface area contributed by atoms with E-state index in [1.165, 1.54) is 0 Å². The van der Waals surface area contributed by atoms with E-state index in [0.29, 0.717) is 5.06 Å². The van der Waals surface area contributed by atoms with Crippen LogP contribution in [0, 0.1) is 5.92 Å². The molecule has 0 saturated carbocycles. The van der Waals surface area contributed by atoms with Crippen LogP contribution in [0.1, 0.15) is 25.3 Å². The minimum absolute atomic E-state index is 0.0258. The van der Waals surface area contributed by atoms with Crippen LogP contribution in [0.2, 0.25) is 0 Å². The summed E-state index contributed by atoms with van der Waals surface area (Å²) in [5, 5.41) is 10.3. The number of hydrogen-bond donors (Lipinski definition) is 1. The lowest BCUT2D eigenvalue weighted by Gasteiger charge is -2.11. The average molecular weight is 315 g/mol. The molecule has 120 valence electrons. The smallest absolute Gasteiger partial charge is 0.360 e. The lowest BCUT2D eigenvalue weighted by molar-refractivity contribution is -0.193. The van der Waals surface area contributed by atoms with Crippen LogP contribution < -0.4 is 0 Å². The highest BCUT2D eigenvalue weighted by Gasteiger charge is 2.32. The predicted octanol–water partition coefficient (Wildman–Crippen LogP) is 2.38. The molecule has 1 unspecified atom stereocenters. The molecule has 1 aliphatic rings. The Labute approximate surface area is 133 Å². The maximum atomic E-state index is 11.7. The third-order valence-corrected chi connectivity index (χ3v) is 3.30. The number of hydrogen-bond acceptors (Lipinski definition) is 5. The zero-order valence-corrected chi connectivity index (χ0v) is 12.6. The Morgan fingerprint density at radius 2 is 1.83 bits per heavy atom. The molecule has 1 heterocycles. The quantitative estimate of drug-likeness (QED) is 0.512. The molecule has 1 saturated heterocycles. The van der Waals surface area contributed by atoms with Crippen molar-refractivity contribution >= 4 is 23.9 Å². The van der Waals surface area contributed by atoms with E-state index >= 15 is 0 Å². The van der Waals surface area contributed by atoms with E-state index in [1.807, 2.05) is 36.4 Å². The van der Waals surface area contributed by atoms with Gasteiger partial charge in [-0.05, 0) is 5.56 Å². The minimum Gasteiger partial charge on any atom is -0.511 e. The molecule has 23 heavy (non-hydrogen) atoms. The highest BCUT2D eigenvalue weighted by Crippen LogP contribution is 2.15. The van der Waals surface area contributed by atoms with Crippen LogP contribution >= 0.6 is 0 Å². The number of allylic oxidation sites excluding steroid dienone is 1. The van der Waals surface area contributed by atoms with Gasteiger partial charge in [-0.15, -0.1) is 5.06 Å². The van der Waals surface area contributed by atoms with Crippen molar-refractivity contribution < 1.29 is 24.3 Å². The predicted molar refractivity (Wildman–Crippen MR) is 82.5 cm³/mol. The lowest BCUT2D eigenvalue weighted by atomic mass is 10.1. The summed E-state index contributed by atoms with van der Waals surface area (Å²) in [7, 11) is 0. The van der Waals surface area contributed by atoms with Gasteiger partial charge in [0.2, 0.25) is 0 Å². The first-order valence-electron chi connectivity index (χ1n) is 7.19. The number of amides is 2. The molecule has 6 heteroatoms. The Kier molecular flexibility index (Phi) is 5.30. The first kappa shape index (κ1) is 16.5. The van der Waals surface area contributed by atoms with E-state index in [0.717, 1.165) is 11.6 Å². The Hall–Kier alpha value is -2.89. The number of nitrogens with zero attached hydrogens (tertiary/aromatic N) is 1. The fourth-order valence-corrected chi connectivity index (χ4v) is 1.94. The van der Waals surface area contributed by atoms with Gasteiger partial charge in [0.1, 0.15) is 5.76 Å². The summed E-state index contributed by atoms with van der Waals surface area (Å²) in [6.07, 6.45) is 4.45. The van der Waals surface area contributed by atoms with Gasteiger partial charge in [-0.2, -0.15) is 0 Å². The number of benzene rings is 1. The van der Waals surface area contributed by atoms with Gasteiger partial charge in [0.25, 0.3) is 11.8 Å². The van der Waals surface area contributed by atoms with Gasteiger partial charge in [-0.1, -0.05) is 49.4 Å². The number of imide groups is 1. The molecule has 1 aliphatic heterocycles. The van der Waals surface area contributed by atoms with Crippen molar-refractivity contribution in [2.75, 3.05) is 0 Å². The molecule has 2 amide bonds. The summed E-state index contributed by atoms with van der Waals surface area (Å²) in [5.41, 5.74) is 0.961. The Morgan fingerprint density at radius 1 is 1.22 bits per heavy atom. The number of rotatable bonds is 5. The van der Waals surface area contributed by atoms with Crippen LogP contribution in [0.4, 0.5) is 0 Å². The summed E-state index contributed by atoms with van der Waals surface area (Å²) >= 11 is 0. The van der Waals surface area contributed by atoms with Gasteiger partial charge < -0.3 is 9.94 Å². The second-order valence-electron chi connectivity index (χ2n) is 5.12. The van der Waals surface area contributed by atoms with Gasteiger partial charge in [0, 0.05) is 18.8 Å². The zero-order chi connectivity index (χ0) is 16.8. The van der Waals surface area contributed by atoms with Crippen LogP contribution in [0.25, 0.3) is 6.08 Å². The van der Waals surface area contributed by atoms with Crippen molar-refractivity contribution in [3.63, 3.8) is 0 Å². The van der Waals surface area contributed by atoms with Crippen LogP contribution in [-0.2, 0) is 19.2 Å². The molecular formula is C17H17NO5. The molecule has 0 bridgehead atoms. The van der Waals surface area contributed by atoms with Crippen molar-refractivity contribution in [1.29, 1.82) is 0 Å². The third-order valence-electron chi connectivity index (χ3n) is 3.30. The fourth-order valence-electron chi connectivity index (χ4n) is 1.94. The molecule has 0 radical (unpaired) electrons. The number of carbonyl (C=O) groups is 3. The second-order valence-corrected chi connectivity index (χ2v) is 5.12. The Morgan fingerprint density at radius 3 is 2.43 bits per heavy atom. The van der Waals surface area contributed by atoms with Crippen molar-refractivity contribution in [3.05, 3.63) is 53.8 Å². The topological polar surface area (TPSA) is 83.9 Å². The molecule has 1 fully saturated rings. The second kappa shape index (κ2) is 7.40. The standard InChI is InChI=1S/C17H17NO5/c1-12(7-8-13-5-3-2-4-6-13)14(19)11-17(22)23-18-15(20)9-10-16(18)21/h2-8,11-12,19H,9-10H2,1H3/b8-7+,14-11-. The molecule has 1 aromatic rings. The maximum Gasteiger partial charge on any atom is 0.360 e. The van der Waals surface area contributed by atoms with Gasteiger partial charge >= 0.3 is 5.97 Å². The molecule has 1 aromatic carbocycles. The lowest BCUT2D eigenvalue weighted by Crippen LogP contribution is -2.31. The van der Waals surface area contributed by atoms with Crippen LogP contribution in [0.5, 0.6) is 0 Å². The normalized spacial score (nSPS) is 16.9. The van der Waals surface area contributed by atoms with E-state index in [-0.39, 0.29) is 18.6 Å². The van der Waals surface area contributed by atoms with E-state index < -0.39 is 23.7 Å². The number of aliphatic hydroxyl groups excluding tert-OH is 1. The molecule has 6 nitrogen and oxygen atoms in total. The minimum atomic E-state index is -0.967. The largest absolute Gasteiger partial charge is 0.511 e. The van der Waals surface area contributed by atoms with Crippen LogP contribution in [0.15, 0.2) is 48.2 Å². The Balaban J connectivity index is 1.95. The van der Waals surface area contributed by atoms with E-state index in [9.17, 15) is 19.5 Å². The zero-order valence-electron chi connectivity index (χ0n) is 12.6. The summed E-state index contributed by atoms with van der Waals surface area (Å²) in [6, 6.07) is 9.49. The Bertz CT molecular complexity index is 647. The molecule has 2 rings (SSSR count). The van der Waals surface area contributed by atoms with Crippen LogP contribution in [0.3, 0.4) is 0 Å². The van der Waals surface area contributed by atoms with Crippen molar-refractivity contribution in [3.8, 4) is 0 Å². The van der Waals surface area contributed by atoms with Gasteiger partial charge in [-0.3, -0.25) is 9.59 Å². The molecular weight excluding hydrogens is 298 g/mol. The summed E-state index contributed by atoms with van der Waals surface area (Å²) < 4.78 is 0. The van der Waals surface area contributed by atoms with E-state index in [4.69, 9.17) is 0 Å². The number of carbonyl (C=O) groups excluding carboxylic acids is 3. The summed E-state index contributed by atoms with van der Waals surface area (Å²) in [6.45, 7) is 1.70. The molecule has 1 atom stereocenters. The number of aliphatic hydroxyl groups is 1. The molecule has 0 spiro atoms. The summed E-state index contributed by atoms with van der Waals surface area (Å²) in [5.74, 6) is -2.73. The highest BCUT2D eigenvalue weighted by atomic mass is 16.7. The van der Waals surface area contributed by atoms with Gasteiger partial charge in [0.15, 0.2) is 0 Å². The van der Waals surface area contributed by atoms with Crippen molar-refractivity contribution in [2.45, 2.75) is 19.8 Å². The fraction of sp³-hybridized carbons (Fsp3) is 0.235. The molecule has 0 aromatic heterocycles. The first-order chi connectivity index (χ1) is 11.0. The summed E-state index contributed by atoms with van der Waals surface area (Å²) in [4.78, 5) is 39.0. The molecule has 0 aliphatic carbocycles. The average Bonchev–Trinajstić information content (AvgIpc) is 2.85. The molecule has 1 N–H and O–H groups in total. The SMILES string of the molecule is CC(/C=C/c1ccccc1)/C(O)=C/C(=O)ON1C(=O)CCC1=O. The monoisotopic (exact) mass is 315 g/mol. The van der Waals surface area contributed by atoms with Crippen LogP contribution in [-0.4, -0.2) is 28.0 Å². The van der Waals surface area contributed by atoms with Crippen molar-refractivity contribution in [1.82, 2.24) is 5.06 Å². The number of hydroxylamine groups is 2. The van der Waals surface area contributed by atoms with E-state index in [1.54, 1.807) is 13.0 Å². The van der Waals surface area contributed by atoms with Crippen molar-refractivity contribution in [2.24, 2.45) is 5.92 Å². The maximum absolute atomic E-state index is 11.7. The third kappa shape index (κ3) is 4.54. The highest BCUT2D eigenvalue weighted by molar-refractivity contribution is 6.02.